The molecule has 2 aromatic carbocycles. The number of aryl methyl sites for hydroxylation is 2. The van der Waals surface area contributed by atoms with Crippen LogP contribution in [-0.4, -0.2) is 61.6 Å². The van der Waals surface area contributed by atoms with Crippen molar-refractivity contribution in [2.24, 2.45) is 11.8 Å². The Hall–Kier alpha value is -2.37. The predicted molar refractivity (Wildman–Crippen MR) is 141 cm³/mol. The van der Waals surface area contributed by atoms with Crippen molar-refractivity contribution in [3.8, 4) is 5.75 Å². The molecule has 1 N–H and O–H groups in total. The summed E-state index contributed by atoms with van der Waals surface area (Å²) in [5, 5.41) is 3.27. The Morgan fingerprint density at radius 3 is 2.74 bits per heavy atom. The number of carbonyl (C=O) groups is 1. The van der Waals surface area contributed by atoms with Crippen LogP contribution in [0.2, 0.25) is 0 Å². The quantitative estimate of drug-likeness (QED) is 0.588. The predicted octanol–water partition coefficient (Wildman–Crippen LogP) is 4.29. The molecule has 0 spiro atoms. The number of rotatable bonds is 9. The normalized spacial score (nSPS) is 24.9. The Balaban J connectivity index is 1.19. The van der Waals surface area contributed by atoms with Crippen molar-refractivity contribution in [3.05, 3.63) is 65.2 Å². The van der Waals surface area contributed by atoms with Crippen molar-refractivity contribution >= 4 is 5.91 Å². The smallest absolute Gasteiger partial charge is 0.224 e. The van der Waals surface area contributed by atoms with Crippen molar-refractivity contribution in [2.75, 3.05) is 39.8 Å². The lowest BCUT2D eigenvalue weighted by Crippen LogP contribution is -2.47. The molecule has 0 radical (unpaired) electrons. The zero-order valence-electron chi connectivity index (χ0n) is 21.3. The van der Waals surface area contributed by atoms with Crippen LogP contribution in [0.3, 0.4) is 0 Å². The van der Waals surface area contributed by atoms with Crippen LogP contribution in [0.1, 0.15) is 48.8 Å². The average Bonchev–Trinajstić information content (AvgIpc) is 3.51. The minimum Gasteiger partial charge on any atom is -0.493 e. The number of ether oxygens (including phenoxy) is 1. The lowest BCUT2D eigenvalue weighted by atomic mass is 9.88. The van der Waals surface area contributed by atoms with Crippen LogP contribution in [0.4, 0.5) is 0 Å². The fourth-order valence-corrected chi connectivity index (χ4v) is 6.29. The number of hydrogen-bond donors (Lipinski definition) is 1. The molecule has 2 fully saturated rings. The molecule has 35 heavy (non-hydrogen) atoms. The van der Waals surface area contributed by atoms with Crippen LogP contribution >= 0.6 is 0 Å². The maximum atomic E-state index is 13.2. The zero-order chi connectivity index (χ0) is 24.0. The summed E-state index contributed by atoms with van der Waals surface area (Å²) in [6.45, 7) is 5.30. The maximum absolute atomic E-state index is 13.2. The molecule has 0 aromatic heterocycles. The van der Waals surface area contributed by atoms with E-state index in [2.05, 4.69) is 70.7 Å². The second-order valence-corrected chi connectivity index (χ2v) is 10.9. The van der Waals surface area contributed by atoms with Gasteiger partial charge in [0, 0.05) is 38.1 Å². The van der Waals surface area contributed by atoms with Gasteiger partial charge in [0.1, 0.15) is 5.75 Å². The fraction of sp³-hybridized carbons (Fsp3) is 0.567. The maximum Gasteiger partial charge on any atom is 0.224 e. The number of nitrogens with zero attached hydrogens (tertiary/aromatic N) is 2. The molecule has 188 valence electrons. The number of hydrogen-bond acceptors (Lipinski definition) is 4. The van der Waals surface area contributed by atoms with Gasteiger partial charge in [-0.1, -0.05) is 36.4 Å². The minimum absolute atomic E-state index is 0.0161. The van der Waals surface area contributed by atoms with Crippen molar-refractivity contribution in [1.29, 1.82) is 0 Å². The van der Waals surface area contributed by atoms with Gasteiger partial charge >= 0.3 is 0 Å². The number of piperidine rings is 1. The SMILES string of the molecule is CN1CCCC1CCNC(=O)[C@@H]1C[C@H](COc2ccc3c(c2)CCC3)CN(Cc2ccccc2)C1. The van der Waals surface area contributed by atoms with E-state index in [1.54, 1.807) is 0 Å². The highest BCUT2D eigenvalue weighted by atomic mass is 16.5. The molecule has 5 nitrogen and oxygen atoms in total. The standard InChI is InChI=1S/C30H41N3O2/c1-32-16-6-11-28(32)14-15-31-30(34)27-17-24(20-33(21-27)19-23-7-3-2-4-8-23)22-35-29-13-12-25-9-5-10-26(25)18-29/h2-4,7-8,12-13,18,24,27-28H,5-6,9-11,14-17,19-22H2,1H3,(H,31,34)/t24-,27+,28?/m0/s1. The summed E-state index contributed by atoms with van der Waals surface area (Å²) in [5.41, 5.74) is 4.22. The van der Waals surface area contributed by atoms with Gasteiger partial charge in [-0.15, -0.1) is 0 Å². The number of nitrogens with one attached hydrogen (secondary N) is 1. The highest BCUT2D eigenvalue weighted by Gasteiger charge is 2.32. The molecule has 5 heteroatoms. The Bertz CT molecular complexity index is 979. The van der Waals surface area contributed by atoms with Crippen molar-refractivity contribution < 1.29 is 9.53 Å². The van der Waals surface area contributed by atoms with Gasteiger partial charge in [-0.3, -0.25) is 9.69 Å². The molecule has 2 aliphatic heterocycles. The van der Waals surface area contributed by atoms with Crippen LogP contribution in [0, 0.1) is 11.8 Å². The van der Waals surface area contributed by atoms with E-state index in [4.69, 9.17) is 4.74 Å². The Kier molecular flexibility index (Phi) is 8.05. The van der Waals surface area contributed by atoms with Crippen molar-refractivity contribution in [3.63, 3.8) is 0 Å². The highest BCUT2D eigenvalue weighted by Crippen LogP contribution is 2.28. The summed E-state index contributed by atoms with van der Waals surface area (Å²) in [6, 6.07) is 17.8. The lowest BCUT2D eigenvalue weighted by Gasteiger charge is -2.37. The highest BCUT2D eigenvalue weighted by molar-refractivity contribution is 5.79. The molecule has 2 saturated heterocycles. The van der Waals surface area contributed by atoms with E-state index < -0.39 is 0 Å². The van der Waals surface area contributed by atoms with Crippen LogP contribution in [0.15, 0.2) is 48.5 Å². The zero-order valence-corrected chi connectivity index (χ0v) is 21.3. The minimum atomic E-state index is 0.0161. The summed E-state index contributed by atoms with van der Waals surface area (Å²) in [5.74, 6) is 1.55. The van der Waals surface area contributed by atoms with Gasteiger partial charge in [0.25, 0.3) is 0 Å². The average molecular weight is 476 g/mol. The van der Waals surface area contributed by atoms with Crippen molar-refractivity contribution in [2.45, 2.75) is 57.5 Å². The number of benzene rings is 2. The molecule has 2 aromatic rings. The van der Waals surface area contributed by atoms with Crippen LogP contribution in [0.5, 0.6) is 5.75 Å². The van der Waals surface area contributed by atoms with Gasteiger partial charge in [0.2, 0.25) is 5.91 Å². The summed E-state index contributed by atoms with van der Waals surface area (Å²) >= 11 is 0. The van der Waals surface area contributed by atoms with E-state index in [0.717, 1.165) is 44.8 Å². The number of carbonyl (C=O) groups excluding carboxylic acids is 1. The molecule has 0 bridgehead atoms. The van der Waals surface area contributed by atoms with Gasteiger partial charge in [-0.2, -0.15) is 0 Å². The first-order valence-electron chi connectivity index (χ1n) is 13.6. The summed E-state index contributed by atoms with van der Waals surface area (Å²) in [6.07, 6.45) is 8.09. The first kappa shape index (κ1) is 24.3. The first-order valence-corrected chi connectivity index (χ1v) is 13.6. The van der Waals surface area contributed by atoms with E-state index >= 15 is 0 Å². The largest absolute Gasteiger partial charge is 0.493 e. The van der Waals surface area contributed by atoms with Gasteiger partial charge in [-0.25, -0.2) is 0 Å². The number of amides is 1. The monoisotopic (exact) mass is 475 g/mol. The van der Waals surface area contributed by atoms with E-state index in [1.807, 2.05) is 0 Å². The summed E-state index contributed by atoms with van der Waals surface area (Å²) in [4.78, 5) is 18.1. The van der Waals surface area contributed by atoms with Crippen LogP contribution in [0.25, 0.3) is 0 Å². The van der Waals surface area contributed by atoms with Crippen LogP contribution < -0.4 is 10.1 Å². The molecular weight excluding hydrogens is 434 g/mol. The first-order chi connectivity index (χ1) is 17.1. The second-order valence-electron chi connectivity index (χ2n) is 10.9. The van der Waals surface area contributed by atoms with Gasteiger partial charge < -0.3 is 15.0 Å². The Morgan fingerprint density at radius 1 is 1.06 bits per heavy atom. The van der Waals surface area contributed by atoms with E-state index in [9.17, 15) is 4.79 Å². The topological polar surface area (TPSA) is 44.8 Å². The number of fused-ring (bicyclic) bond motifs is 1. The van der Waals surface area contributed by atoms with E-state index in [-0.39, 0.29) is 11.8 Å². The van der Waals surface area contributed by atoms with Crippen molar-refractivity contribution in [1.82, 2.24) is 15.1 Å². The molecule has 1 aliphatic carbocycles. The third-order valence-corrected chi connectivity index (χ3v) is 8.24. The van der Waals surface area contributed by atoms with Crippen LogP contribution in [-0.2, 0) is 24.2 Å². The van der Waals surface area contributed by atoms with Gasteiger partial charge in [-0.05, 0) is 87.4 Å². The van der Waals surface area contributed by atoms with E-state index in [0.29, 0.717) is 18.6 Å². The molecular formula is C30H41N3O2. The Morgan fingerprint density at radius 2 is 1.91 bits per heavy atom. The molecule has 2 heterocycles. The third-order valence-electron chi connectivity index (χ3n) is 8.24. The molecule has 0 saturated carbocycles. The number of likely N-dealkylation sites (tertiary alicyclic amines) is 2. The molecule has 5 rings (SSSR count). The summed E-state index contributed by atoms with van der Waals surface area (Å²) < 4.78 is 6.29. The lowest BCUT2D eigenvalue weighted by molar-refractivity contribution is -0.127. The molecule has 1 unspecified atom stereocenters. The fourth-order valence-electron chi connectivity index (χ4n) is 6.29. The Labute approximate surface area is 210 Å². The van der Waals surface area contributed by atoms with Gasteiger partial charge in [0.15, 0.2) is 0 Å². The van der Waals surface area contributed by atoms with Gasteiger partial charge in [0.05, 0.1) is 12.5 Å². The summed E-state index contributed by atoms with van der Waals surface area (Å²) in [7, 11) is 2.20. The third kappa shape index (κ3) is 6.45. The molecule has 3 atom stereocenters. The second kappa shape index (κ2) is 11.6. The van der Waals surface area contributed by atoms with E-state index in [1.165, 1.54) is 55.3 Å². The molecule has 1 amide bonds. The molecule has 3 aliphatic rings.